The Bertz CT molecular complexity index is 1500. The number of aromatic nitrogens is 1. The Labute approximate surface area is 216 Å². The first-order valence-corrected chi connectivity index (χ1v) is 13.8. The van der Waals surface area contributed by atoms with Gasteiger partial charge in [0.05, 0.1) is 11.4 Å². The van der Waals surface area contributed by atoms with E-state index in [0.717, 1.165) is 10.3 Å². The molecule has 1 aliphatic heterocycles. The number of nitrogens with zero attached hydrogens (tertiary/aromatic N) is 2. The van der Waals surface area contributed by atoms with Gasteiger partial charge in [0.1, 0.15) is 10.5 Å². The molecule has 0 amide bonds. The number of carbonyl (C=O) groups is 1. The lowest BCUT2D eigenvalue weighted by Gasteiger charge is -2.18. The second-order valence-corrected chi connectivity index (χ2v) is 11.2. The van der Waals surface area contributed by atoms with Gasteiger partial charge < -0.3 is 14.7 Å². The Hall–Kier alpha value is -2.99. The zero-order valence-corrected chi connectivity index (χ0v) is 21.5. The Morgan fingerprint density at radius 3 is 2.75 bits per heavy atom. The highest BCUT2D eigenvalue weighted by Crippen LogP contribution is 2.41. The maximum Gasteiger partial charge on any atom is 0.370 e. The maximum atomic E-state index is 13.9. The second kappa shape index (κ2) is 10.6. The molecule has 36 heavy (non-hydrogen) atoms. The molecule has 0 saturated carbocycles. The van der Waals surface area contributed by atoms with E-state index in [4.69, 9.17) is 20.9 Å². The molecule has 0 atom stereocenters. The molecule has 2 N–H and O–H groups in total. The van der Waals surface area contributed by atoms with Crippen LogP contribution in [0.2, 0.25) is 5.02 Å². The van der Waals surface area contributed by atoms with Crippen LogP contribution in [0.1, 0.15) is 24.8 Å². The van der Waals surface area contributed by atoms with Gasteiger partial charge in [0.15, 0.2) is 5.75 Å². The summed E-state index contributed by atoms with van der Waals surface area (Å²) >= 11 is 7.51. The first kappa shape index (κ1) is 26.1. The van der Waals surface area contributed by atoms with Crippen molar-refractivity contribution in [3.8, 4) is 5.75 Å². The van der Waals surface area contributed by atoms with E-state index in [0.29, 0.717) is 39.3 Å². The van der Waals surface area contributed by atoms with E-state index in [2.05, 4.69) is 0 Å². The predicted molar refractivity (Wildman–Crippen MR) is 136 cm³/mol. The van der Waals surface area contributed by atoms with Gasteiger partial charge in [-0.1, -0.05) is 29.9 Å². The van der Waals surface area contributed by atoms with Gasteiger partial charge in [0.25, 0.3) is 15.1 Å². The first-order chi connectivity index (χ1) is 17.0. The van der Waals surface area contributed by atoms with Gasteiger partial charge in [0, 0.05) is 29.8 Å². The number of thiazole rings is 1. The fourth-order valence-electron chi connectivity index (χ4n) is 3.86. The minimum absolute atomic E-state index is 0.150. The van der Waals surface area contributed by atoms with E-state index >= 15 is 0 Å². The molecule has 4 rings (SSSR count). The third kappa shape index (κ3) is 6.04. The number of halogens is 2. The Morgan fingerprint density at radius 1 is 1.28 bits per heavy atom. The van der Waals surface area contributed by atoms with Crippen molar-refractivity contribution in [2.45, 2.75) is 26.3 Å². The lowest BCUT2D eigenvalue weighted by Crippen LogP contribution is -2.39. The third-order valence-electron chi connectivity index (χ3n) is 5.49. The van der Waals surface area contributed by atoms with Crippen LogP contribution >= 0.6 is 22.9 Å². The summed E-state index contributed by atoms with van der Waals surface area (Å²) in [6, 6.07) is 9.37. The Balaban J connectivity index is 1.73. The van der Waals surface area contributed by atoms with Crippen LogP contribution in [0, 0.1) is 5.82 Å². The zero-order chi connectivity index (χ0) is 26.0. The molecular formula is C24H23ClFN2O6S2+. The summed E-state index contributed by atoms with van der Waals surface area (Å²) in [5.41, 5.74) is 1.95. The van der Waals surface area contributed by atoms with E-state index in [1.54, 1.807) is 39.8 Å². The molecule has 3 aromatic rings. The van der Waals surface area contributed by atoms with Crippen LogP contribution in [0.25, 0.3) is 16.3 Å². The highest BCUT2D eigenvalue weighted by molar-refractivity contribution is 7.85. The molecule has 0 unspecified atom stereocenters. The molecule has 0 aliphatic carbocycles. The topological polar surface area (TPSA) is 108 Å². The molecule has 0 spiro atoms. The average molecular weight is 554 g/mol. The van der Waals surface area contributed by atoms with Crippen molar-refractivity contribution in [2.75, 3.05) is 17.2 Å². The molecular weight excluding hydrogens is 531 g/mol. The van der Waals surface area contributed by atoms with Crippen LogP contribution in [-0.4, -0.2) is 36.3 Å². The molecule has 1 aliphatic rings. The number of hydrogen-bond acceptors (Lipinski definition) is 6. The number of hydrogen-bond donors (Lipinski definition) is 2. The molecule has 0 bridgehead atoms. The smallest absolute Gasteiger partial charge is 0.370 e. The third-order valence-corrected chi connectivity index (χ3v) is 7.64. The van der Waals surface area contributed by atoms with Crippen molar-refractivity contribution in [1.29, 1.82) is 0 Å². The van der Waals surface area contributed by atoms with E-state index in [9.17, 15) is 22.7 Å². The van der Waals surface area contributed by atoms with Gasteiger partial charge in [-0.3, -0.25) is 4.55 Å². The van der Waals surface area contributed by atoms with E-state index in [-0.39, 0.29) is 19.5 Å². The number of rotatable bonds is 9. The Kier molecular flexibility index (Phi) is 7.65. The van der Waals surface area contributed by atoms with Crippen LogP contribution in [0.4, 0.5) is 10.1 Å². The summed E-state index contributed by atoms with van der Waals surface area (Å²) < 4.78 is 53.7. The molecule has 2 aromatic carbocycles. The normalized spacial score (nSPS) is 14.9. The molecule has 2 heterocycles. The molecule has 190 valence electrons. The first-order valence-electron chi connectivity index (χ1n) is 11.0. The number of benzene rings is 2. The standard InChI is InChI=1S/C24H22ClFN2O6S2/c1-2-15(11-23-28(14-24(29)30)19-13-17(26)5-7-21(19)35-23)10-22-27(8-3-9-36(31,32)33)18-12-16(25)4-6-20(18)34-22/h4-7,10-13H,2-3,8-9,14H2,1H3,(H-,29,30,31,32,33)/p+1. The van der Waals surface area contributed by atoms with Crippen LogP contribution < -0.4 is 14.2 Å². The molecule has 1 aromatic heterocycles. The predicted octanol–water partition coefficient (Wildman–Crippen LogP) is 4.88. The summed E-state index contributed by atoms with van der Waals surface area (Å²) in [6.45, 7) is 1.85. The van der Waals surface area contributed by atoms with Crippen molar-refractivity contribution in [3.63, 3.8) is 0 Å². The van der Waals surface area contributed by atoms with E-state index < -0.39 is 27.7 Å². The summed E-state index contributed by atoms with van der Waals surface area (Å²) in [4.78, 5) is 13.3. The lowest BCUT2D eigenvalue weighted by atomic mass is 10.2. The van der Waals surface area contributed by atoms with Crippen molar-refractivity contribution in [1.82, 2.24) is 0 Å². The summed E-state index contributed by atoms with van der Waals surface area (Å²) in [6.07, 6.45) is 4.33. The van der Waals surface area contributed by atoms with Gasteiger partial charge in [-0.2, -0.15) is 13.0 Å². The van der Waals surface area contributed by atoms with Crippen LogP contribution in [0.5, 0.6) is 5.75 Å². The summed E-state index contributed by atoms with van der Waals surface area (Å²) in [5.74, 6) is -0.925. The highest BCUT2D eigenvalue weighted by Gasteiger charge is 2.28. The number of carboxylic acid groups (broad SMARTS) is 1. The van der Waals surface area contributed by atoms with Gasteiger partial charge in [-0.25, -0.2) is 9.18 Å². The fraction of sp³-hybridized carbons (Fsp3) is 0.250. The monoisotopic (exact) mass is 553 g/mol. The van der Waals surface area contributed by atoms with E-state index in [1.807, 2.05) is 13.0 Å². The average Bonchev–Trinajstić information content (AvgIpc) is 3.29. The van der Waals surface area contributed by atoms with Gasteiger partial charge in [-0.05, 0) is 48.7 Å². The number of aliphatic carboxylic acids is 1. The summed E-state index contributed by atoms with van der Waals surface area (Å²) in [7, 11) is -4.12. The van der Waals surface area contributed by atoms with Crippen molar-refractivity contribution in [3.05, 3.63) is 69.8 Å². The SMILES string of the molecule is CCC(=Cc1sc2ccc(F)cc2[n+]1CC(=O)O)C=C1Oc2ccc(Cl)cc2N1CCCS(=O)(=O)O. The lowest BCUT2D eigenvalue weighted by molar-refractivity contribution is -0.657. The number of allylic oxidation sites excluding steroid dienone is 2. The maximum absolute atomic E-state index is 13.9. The fourth-order valence-corrected chi connectivity index (χ4v) is 5.64. The molecule has 8 nitrogen and oxygen atoms in total. The molecule has 12 heteroatoms. The van der Waals surface area contributed by atoms with Crippen LogP contribution in [-0.2, 0) is 21.5 Å². The minimum atomic E-state index is -4.12. The van der Waals surface area contributed by atoms with Crippen molar-refractivity contribution < 1.29 is 36.6 Å². The Morgan fingerprint density at radius 2 is 2.06 bits per heavy atom. The number of fused-ring (bicyclic) bond motifs is 2. The van der Waals surface area contributed by atoms with Gasteiger partial charge in [0.2, 0.25) is 17.9 Å². The quantitative estimate of drug-likeness (QED) is 0.287. The van der Waals surface area contributed by atoms with Gasteiger partial charge >= 0.3 is 5.97 Å². The zero-order valence-electron chi connectivity index (χ0n) is 19.1. The highest BCUT2D eigenvalue weighted by atomic mass is 35.5. The molecule has 0 fully saturated rings. The largest absolute Gasteiger partial charge is 0.477 e. The second-order valence-electron chi connectivity index (χ2n) is 8.09. The number of anilines is 1. The van der Waals surface area contributed by atoms with Crippen LogP contribution in [0.3, 0.4) is 0 Å². The number of ether oxygens (including phenoxy) is 1. The molecule has 0 radical (unpaired) electrons. The minimum Gasteiger partial charge on any atom is -0.477 e. The van der Waals surface area contributed by atoms with Crippen molar-refractivity contribution >= 4 is 61.0 Å². The van der Waals surface area contributed by atoms with E-state index in [1.165, 1.54) is 23.5 Å². The molecule has 0 saturated heterocycles. The van der Waals surface area contributed by atoms with Crippen LogP contribution in [0.15, 0.2) is 53.9 Å². The van der Waals surface area contributed by atoms with Crippen molar-refractivity contribution in [2.24, 2.45) is 0 Å². The van der Waals surface area contributed by atoms with Gasteiger partial charge in [-0.15, -0.1) is 0 Å². The summed E-state index contributed by atoms with van der Waals surface area (Å²) in [5, 5.41) is 10.5. The number of carboxylic acids is 1.